The molecule has 0 bridgehead atoms. The SMILES string of the molecule is Cc1ccnc(-c2cc(C(=O)OCCN=C=S)ccn2)c1.Cc1ccnc(-c2cc(C(=O)OCCN=C=S)ccn2)c1.O=C([O-])c1ccnc(-c2cc(C(=O)[O-])ccn2)c1.[Ru+2]. The Kier molecular flexibility index (Phi) is 20.2. The fourth-order valence-corrected chi connectivity index (χ4v) is 4.95. The van der Waals surface area contributed by atoms with Gasteiger partial charge in [-0.25, -0.2) is 19.6 Å². The number of hydrogen-bond acceptors (Lipinski definition) is 18. The summed E-state index contributed by atoms with van der Waals surface area (Å²) in [7, 11) is 0. The van der Waals surface area contributed by atoms with Crippen LogP contribution in [-0.4, -0.2) is 90.4 Å². The van der Waals surface area contributed by atoms with Crippen molar-refractivity contribution in [3.05, 3.63) is 143 Å². The first-order chi connectivity index (χ1) is 29.0. The van der Waals surface area contributed by atoms with Crippen molar-refractivity contribution < 1.29 is 58.3 Å². The van der Waals surface area contributed by atoms with Gasteiger partial charge in [-0.15, -0.1) is 0 Å². The molecule has 0 aliphatic heterocycles. The molecule has 6 aromatic heterocycles. The Morgan fingerprint density at radius 2 is 0.787 bits per heavy atom. The maximum atomic E-state index is 11.9. The predicted molar refractivity (Wildman–Crippen MR) is 221 cm³/mol. The summed E-state index contributed by atoms with van der Waals surface area (Å²) >= 11 is 8.87. The number of thiocarbonyl (C=S) groups is 2. The maximum Gasteiger partial charge on any atom is 2.00 e. The zero-order chi connectivity index (χ0) is 43.3. The topological polar surface area (TPSA) is 235 Å². The Balaban J connectivity index is 0.000000243. The van der Waals surface area contributed by atoms with Gasteiger partial charge in [0.15, 0.2) is 0 Å². The van der Waals surface area contributed by atoms with Crippen molar-refractivity contribution in [2.75, 3.05) is 26.3 Å². The van der Waals surface area contributed by atoms with Crippen LogP contribution in [0.2, 0.25) is 0 Å². The first kappa shape index (κ1) is 48.4. The molecule has 16 nitrogen and oxygen atoms in total. The Bertz CT molecular complexity index is 2410. The number of carbonyl (C=O) groups is 4. The molecule has 61 heavy (non-hydrogen) atoms. The van der Waals surface area contributed by atoms with Crippen LogP contribution in [0.5, 0.6) is 0 Å². The zero-order valence-electron chi connectivity index (χ0n) is 32.2. The summed E-state index contributed by atoms with van der Waals surface area (Å²) in [5, 5.41) is 25.8. The number of rotatable bonds is 13. The number of aliphatic imine (C=N–C) groups is 2. The summed E-state index contributed by atoms with van der Waals surface area (Å²) in [5.41, 5.74) is 6.09. The normalized spacial score (nSPS) is 9.67. The molecule has 0 saturated carbocycles. The first-order valence-electron chi connectivity index (χ1n) is 17.5. The number of hydrogen-bond donors (Lipinski definition) is 0. The van der Waals surface area contributed by atoms with E-state index in [2.05, 4.69) is 74.6 Å². The number of aromatic carboxylic acids is 2. The molecule has 0 N–H and O–H groups in total. The van der Waals surface area contributed by atoms with Crippen molar-refractivity contribution in [2.45, 2.75) is 13.8 Å². The van der Waals surface area contributed by atoms with E-state index >= 15 is 0 Å². The van der Waals surface area contributed by atoms with E-state index in [4.69, 9.17) is 9.47 Å². The number of carboxylic acids is 2. The smallest absolute Gasteiger partial charge is 0.545 e. The molecule has 6 rings (SSSR count). The average Bonchev–Trinajstić information content (AvgIpc) is 3.27. The number of nitrogens with zero attached hydrogens (tertiary/aromatic N) is 8. The van der Waals surface area contributed by atoms with Crippen LogP contribution < -0.4 is 10.2 Å². The van der Waals surface area contributed by atoms with E-state index in [0.717, 1.165) is 22.5 Å². The molecule has 0 aliphatic carbocycles. The zero-order valence-corrected chi connectivity index (χ0v) is 35.6. The standard InChI is InChI=1S/2C15H13N3O2S.C12H8N2O4.Ru/c2*1-11-2-4-17-13(8-11)14-9-12(3-5-18-14)15(19)20-7-6-16-10-21;15-11(16)7-1-3-13-9(5-7)10-6-8(12(17)18)2-4-14-10;/h2*2-5,8-9H,6-7H2,1H3;1-6H,(H,15,16)(H,17,18);/q;;;+2/p-2. The summed E-state index contributed by atoms with van der Waals surface area (Å²) in [4.78, 5) is 77.4. The molecule has 308 valence electrons. The van der Waals surface area contributed by atoms with Gasteiger partial charge >= 0.3 is 31.4 Å². The second-order valence-electron chi connectivity index (χ2n) is 11.9. The fourth-order valence-electron chi connectivity index (χ4n) is 4.77. The van der Waals surface area contributed by atoms with Crippen molar-refractivity contribution >= 4 is 58.6 Å². The van der Waals surface area contributed by atoms with E-state index in [1.165, 1.54) is 36.7 Å². The molecule has 0 spiro atoms. The van der Waals surface area contributed by atoms with Crippen LogP contribution >= 0.6 is 24.4 Å². The van der Waals surface area contributed by atoms with Gasteiger partial charge in [-0.3, -0.25) is 29.9 Å². The minimum atomic E-state index is -1.34. The minimum absolute atomic E-state index is 0. The molecule has 0 amide bonds. The van der Waals surface area contributed by atoms with Gasteiger partial charge in [-0.2, -0.15) is 0 Å². The van der Waals surface area contributed by atoms with Crippen LogP contribution in [0.3, 0.4) is 0 Å². The molecule has 6 heterocycles. The van der Waals surface area contributed by atoms with E-state index in [0.29, 0.717) is 35.6 Å². The van der Waals surface area contributed by atoms with Crippen LogP contribution in [0.4, 0.5) is 0 Å². The summed E-state index contributed by atoms with van der Waals surface area (Å²) in [6.07, 6.45) is 9.11. The van der Waals surface area contributed by atoms with E-state index < -0.39 is 23.9 Å². The van der Waals surface area contributed by atoms with Crippen LogP contribution in [0.25, 0.3) is 34.2 Å². The number of carboxylic acid groups (broad SMARTS) is 2. The van der Waals surface area contributed by atoms with Crippen LogP contribution in [0.1, 0.15) is 52.6 Å². The molecule has 0 aromatic carbocycles. The summed E-state index contributed by atoms with van der Waals surface area (Å²) < 4.78 is 10.2. The molecular formula is C42H32N8O8RuS2. The van der Waals surface area contributed by atoms with Crippen molar-refractivity contribution in [3.8, 4) is 34.2 Å². The second kappa shape index (κ2) is 25.5. The largest absolute Gasteiger partial charge is 2.00 e. The van der Waals surface area contributed by atoms with Gasteiger partial charge in [0.05, 0.1) is 80.6 Å². The number of isothiocyanates is 2. The van der Waals surface area contributed by atoms with Crippen LogP contribution in [-0.2, 0) is 29.0 Å². The third-order valence-electron chi connectivity index (χ3n) is 7.60. The van der Waals surface area contributed by atoms with Crippen molar-refractivity contribution in [2.24, 2.45) is 9.98 Å². The Labute approximate surface area is 372 Å². The molecule has 19 heteroatoms. The third kappa shape index (κ3) is 15.9. The van der Waals surface area contributed by atoms with Crippen molar-refractivity contribution in [1.29, 1.82) is 0 Å². The van der Waals surface area contributed by atoms with Gasteiger partial charge in [0.2, 0.25) is 0 Å². The quantitative estimate of drug-likeness (QED) is 0.0516. The number of esters is 2. The molecule has 0 atom stereocenters. The fraction of sp³-hybridized carbons (Fsp3) is 0.143. The van der Waals surface area contributed by atoms with E-state index in [-0.39, 0.29) is 55.2 Å². The first-order valence-corrected chi connectivity index (χ1v) is 18.4. The summed E-state index contributed by atoms with van der Waals surface area (Å²) in [6, 6.07) is 19.2. The molecule has 0 radical (unpaired) electrons. The van der Waals surface area contributed by atoms with Gasteiger partial charge in [-0.1, -0.05) is 0 Å². The minimum Gasteiger partial charge on any atom is -0.545 e. The number of carbonyl (C=O) groups excluding carboxylic acids is 4. The predicted octanol–water partition coefficient (Wildman–Crippen LogP) is 4.29. The second-order valence-corrected chi connectivity index (χ2v) is 12.3. The van der Waals surface area contributed by atoms with E-state index in [1.807, 2.05) is 38.1 Å². The number of aromatic nitrogens is 6. The van der Waals surface area contributed by atoms with Gasteiger partial charge in [0.25, 0.3) is 0 Å². The Morgan fingerprint density at radius 1 is 0.508 bits per heavy atom. The Hall–Kier alpha value is -7.00. The number of aryl methyl sites for hydroxylation is 2. The molecular weight excluding hydrogens is 910 g/mol. The van der Waals surface area contributed by atoms with Gasteiger partial charge in [0, 0.05) is 48.3 Å². The molecule has 0 fully saturated rings. The average molecular weight is 942 g/mol. The molecule has 0 saturated heterocycles. The van der Waals surface area contributed by atoms with Gasteiger partial charge in [0.1, 0.15) is 13.2 Å². The van der Waals surface area contributed by atoms with Crippen LogP contribution in [0, 0.1) is 13.8 Å². The summed E-state index contributed by atoms with van der Waals surface area (Å²) in [6.45, 7) is 4.91. The Morgan fingerprint density at radius 3 is 1.08 bits per heavy atom. The number of pyridine rings is 6. The van der Waals surface area contributed by atoms with Crippen LogP contribution in [0.15, 0.2) is 120 Å². The summed E-state index contributed by atoms with van der Waals surface area (Å²) in [5.74, 6) is -3.53. The van der Waals surface area contributed by atoms with Gasteiger partial charge in [-0.05, 0) is 122 Å². The molecule has 0 aliphatic rings. The van der Waals surface area contributed by atoms with Crippen molar-refractivity contribution in [1.82, 2.24) is 29.9 Å². The maximum absolute atomic E-state index is 11.9. The van der Waals surface area contributed by atoms with Crippen molar-refractivity contribution in [3.63, 3.8) is 0 Å². The molecule has 6 aromatic rings. The monoisotopic (exact) mass is 942 g/mol. The molecule has 0 unspecified atom stereocenters. The van der Waals surface area contributed by atoms with Gasteiger partial charge < -0.3 is 29.3 Å². The van der Waals surface area contributed by atoms with E-state index in [9.17, 15) is 29.4 Å². The van der Waals surface area contributed by atoms with E-state index in [1.54, 1.807) is 49.1 Å². The third-order valence-corrected chi connectivity index (χ3v) is 7.86. The number of ether oxygens (including phenoxy) is 2.